The van der Waals surface area contributed by atoms with Gasteiger partial charge in [-0.3, -0.25) is 9.97 Å². The molecule has 0 radical (unpaired) electrons. The van der Waals surface area contributed by atoms with E-state index in [-0.39, 0.29) is 0 Å². The molecule has 0 spiro atoms. The van der Waals surface area contributed by atoms with Crippen molar-refractivity contribution in [3.63, 3.8) is 0 Å². The third-order valence-electron chi connectivity index (χ3n) is 8.25. The minimum Gasteiger partial charge on any atom is -0.263 e. The summed E-state index contributed by atoms with van der Waals surface area (Å²) in [7, 11) is 0. The summed E-state index contributed by atoms with van der Waals surface area (Å²) >= 11 is 0. The number of fused-ring (bicyclic) bond motifs is 6. The number of pyridine rings is 4. The quantitative estimate of drug-likeness (QED) is 0.191. The number of nitrogens with zero attached hydrogens (tertiary/aromatic N) is 6. The predicted octanol–water partition coefficient (Wildman–Crippen LogP) is 9.14. The molecule has 212 valence electrons. The van der Waals surface area contributed by atoms with Crippen LogP contribution < -0.4 is 0 Å². The SMILES string of the molecule is N#Cc1cncc(-c2cccc(-c3ccc4c5ccccc5c5ccc(-c6cccc(-c7cncc(C#N)c7)n6)cc5c4c3)n2)c1. The molecule has 0 atom stereocenters. The van der Waals surface area contributed by atoms with Gasteiger partial charge >= 0.3 is 0 Å². The topological polar surface area (TPSA) is 99.1 Å². The van der Waals surface area contributed by atoms with Crippen molar-refractivity contribution < 1.29 is 0 Å². The van der Waals surface area contributed by atoms with E-state index >= 15 is 0 Å². The Balaban J connectivity index is 1.30. The molecular formula is C40H22N6. The predicted molar refractivity (Wildman–Crippen MR) is 181 cm³/mol. The van der Waals surface area contributed by atoms with Gasteiger partial charge < -0.3 is 0 Å². The lowest BCUT2D eigenvalue weighted by atomic mass is 9.91. The standard InChI is InChI=1S/C40H22N6/c41-19-25-15-29(23-43-21-25)39-9-3-7-37(45-39)27-11-13-33-31-5-1-2-6-32(31)34-14-12-28(18-36(34)35(33)17-27)38-8-4-10-40(46-38)30-16-26(20-42)22-44-24-30/h1-18,21-24H. The second-order valence-corrected chi connectivity index (χ2v) is 11.0. The first-order valence-corrected chi connectivity index (χ1v) is 14.7. The molecule has 0 fully saturated rings. The molecule has 0 amide bonds. The number of nitriles is 2. The zero-order chi connectivity index (χ0) is 31.0. The Morgan fingerprint density at radius 1 is 0.370 bits per heavy atom. The largest absolute Gasteiger partial charge is 0.263 e. The summed E-state index contributed by atoms with van der Waals surface area (Å²) in [6.45, 7) is 0. The number of hydrogen-bond donors (Lipinski definition) is 0. The van der Waals surface area contributed by atoms with Crippen LogP contribution in [-0.4, -0.2) is 19.9 Å². The summed E-state index contributed by atoms with van der Waals surface area (Å²) in [6.07, 6.45) is 6.56. The van der Waals surface area contributed by atoms with Crippen LogP contribution in [-0.2, 0) is 0 Å². The van der Waals surface area contributed by atoms with Crippen LogP contribution in [0.3, 0.4) is 0 Å². The van der Waals surface area contributed by atoms with Gasteiger partial charge in [0.1, 0.15) is 12.1 Å². The number of aromatic nitrogens is 4. The number of hydrogen-bond acceptors (Lipinski definition) is 6. The average molecular weight is 587 g/mol. The molecule has 0 unspecified atom stereocenters. The third kappa shape index (κ3) is 4.68. The minimum absolute atomic E-state index is 0.497. The molecule has 8 rings (SSSR count). The van der Waals surface area contributed by atoms with E-state index in [1.54, 1.807) is 36.9 Å². The van der Waals surface area contributed by atoms with Gasteiger partial charge in [-0.1, -0.05) is 60.7 Å². The highest BCUT2D eigenvalue weighted by Gasteiger charge is 2.13. The second-order valence-electron chi connectivity index (χ2n) is 11.0. The summed E-state index contributed by atoms with van der Waals surface area (Å²) in [5.74, 6) is 0. The van der Waals surface area contributed by atoms with Crippen LogP contribution in [0, 0.1) is 22.7 Å². The summed E-state index contributed by atoms with van der Waals surface area (Å²) in [5, 5.41) is 25.6. The number of benzene rings is 4. The molecule has 46 heavy (non-hydrogen) atoms. The van der Waals surface area contributed by atoms with Crippen LogP contribution in [0.4, 0.5) is 0 Å². The molecule has 4 aromatic carbocycles. The summed E-state index contributed by atoms with van der Waals surface area (Å²) in [5.41, 5.74) is 7.76. The van der Waals surface area contributed by atoms with Crippen LogP contribution >= 0.6 is 0 Å². The van der Waals surface area contributed by atoms with E-state index in [1.807, 2.05) is 36.4 Å². The lowest BCUT2D eigenvalue weighted by Crippen LogP contribution is -1.91. The Morgan fingerprint density at radius 2 is 0.783 bits per heavy atom. The fourth-order valence-corrected chi connectivity index (χ4v) is 6.07. The maximum Gasteiger partial charge on any atom is 0.101 e. The van der Waals surface area contributed by atoms with Crippen LogP contribution in [0.5, 0.6) is 0 Å². The van der Waals surface area contributed by atoms with Gasteiger partial charge in [-0.15, -0.1) is 0 Å². The van der Waals surface area contributed by atoms with Crippen LogP contribution in [0.1, 0.15) is 11.1 Å². The van der Waals surface area contributed by atoms with Gasteiger partial charge in [0.25, 0.3) is 0 Å². The average Bonchev–Trinajstić information content (AvgIpc) is 3.14. The highest BCUT2D eigenvalue weighted by molar-refractivity contribution is 6.26. The molecule has 4 heterocycles. The van der Waals surface area contributed by atoms with E-state index in [2.05, 4.69) is 82.8 Å². The zero-order valence-electron chi connectivity index (χ0n) is 24.4. The van der Waals surface area contributed by atoms with E-state index < -0.39 is 0 Å². The summed E-state index contributed by atoms with van der Waals surface area (Å²) in [4.78, 5) is 18.4. The first kappa shape index (κ1) is 26.8. The Hall–Kier alpha value is -6.76. The van der Waals surface area contributed by atoms with Gasteiger partial charge in [-0.25, -0.2) is 9.97 Å². The van der Waals surface area contributed by atoms with Gasteiger partial charge in [-0.2, -0.15) is 10.5 Å². The molecular weight excluding hydrogens is 564 g/mol. The molecule has 6 heteroatoms. The lowest BCUT2D eigenvalue weighted by Gasteiger charge is -2.14. The first-order chi connectivity index (χ1) is 22.7. The van der Waals surface area contributed by atoms with Crippen molar-refractivity contribution in [1.29, 1.82) is 10.5 Å². The van der Waals surface area contributed by atoms with Gasteiger partial charge in [-0.05, 0) is 80.8 Å². The monoisotopic (exact) mass is 586 g/mol. The molecule has 0 aliphatic heterocycles. The zero-order valence-corrected chi connectivity index (χ0v) is 24.4. The van der Waals surface area contributed by atoms with Crippen molar-refractivity contribution in [2.24, 2.45) is 0 Å². The summed E-state index contributed by atoms with van der Waals surface area (Å²) < 4.78 is 0. The molecule has 0 aliphatic carbocycles. The maximum absolute atomic E-state index is 9.35. The first-order valence-electron chi connectivity index (χ1n) is 14.7. The molecule has 6 nitrogen and oxygen atoms in total. The molecule has 0 aliphatic rings. The third-order valence-corrected chi connectivity index (χ3v) is 8.25. The normalized spacial score (nSPS) is 11.0. The van der Waals surface area contributed by atoms with Crippen molar-refractivity contribution in [2.45, 2.75) is 0 Å². The van der Waals surface area contributed by atoms with Crippen molar-refractivity contribution >= 4 is 32.3 Å². The molecule has 0 saturated heterocycles. The fraction of sp³-hybridized carbons (Fsp3) is 0. The molecule has 0 saturated carbocycles. The van der Waals surface area contributed by atoms with E-state index in [0.29, 0.717) is 11.1 Å². The second kappa shape index (κ2) is 11.1. The number of rotatable bonds is 4. The Morgan fingerprint density at radius 3 is 1.22 bits per heavy atom. The van der Waals surface area contributed by atoms with Gasteiger partial charge in [0, 0.05) is 47.0 Å². The van der Waals surface area contributed by atoms with Crippen LogP contribution in [0.15, 0.2) is 134 Å². The van der Waals surface area contributed by atoms with E-state index in [4.69, 9.17) is 9.97 Å². The molecule has 0 N–H and O–H groups in total. The smallest absolute Gasteiger partial charge is 0.101 e. The van der Waals surface area contributed by atoms with Gasteiger partial charge in [0.15, 0.2) is 0 Å². The summed E-state index contributed by atoms with van der Waals surface area (Å²) in [6, 6.07) is 41.3. The van der Waals surface area contributed by atoms with Crippen molar-refractivity contribution in [3.05, 3.63) is 145 Å². The highest BCUT2D eigenvalue weighted by atomic mass is 14.7. The Kier molecular flexibility index (Phi) is 6.45. The van der Waals surface area contributed by atoms with E-state index in [1.165, 1.54) is 10.8 Å². The van der Waals surface area contributed by atoms with Gasteiger partial charge in [0.05, 0.1) is 33.9 Å². The van der Waals surface area contributed by atoms with Crippen LogP contribution in [0.2, 0.25) is 0 Å². The Labute approximate surface area is 264 Å². The maximum atomic E-state index is 9.35. The highest BCUT2D eigenvalue weighted by Crippen LogP contribution is 2.39. The van der Waals surface area contributed by atoms with Crippen molar-refractivity contribution in [1.82, 2.24) is 19.9 Å². The molecule has 0 bridgehead atoms. The Bertz CT molecular complexity index is 2400. The molecule has 8 aromatic rings. The van der Waals surface area contributed by atoms with Gasteiger partial charge in [0.2, 0.25) is 0 Å². The molecule has 4 aromatic heterocycles. The van der Waals surface area contributed by atoms with Crippen LogP contribution in [0.25, 0.3) is 77.3 Å². The van der Waals surface area contributed by atoms with Crippen molar-refractivity contribution in [3.8, 4) is 57.2 Å². The van der Waals surface area contributed by atoms with Crippen molar-refractivity contribution in [2.75, 3.05) is 0 Å². The van der Waals surface area contributed by atoms with E-state index in [9.17, 15) is 10.5 Å². The van der Waals surface area contributed by atoms with E-state index in [0.717, 1.165) is 66.6 Å². The lowest BCUT2D eigenvalue weighted by molar-refractivity contribution is 1.26. The minimum atomic E-state index is 0.497. The fourth-order valence-electron chi connectivity index (χ4n) is 6.07.